The number of ether oxygens (including phenoxy) is 2. The summed E-state index contributed by atoms with van der Waals surface area (Å²) >= 11 is 0. The molecule has 3 rings (SSSR count). The van der Waals surface area contributed by atoms with Crippen molar-refractivity contribution in [1.29, 1.82) is 0 Å². The minimum absolute atomic E-state index is 0.0113. The van der Waals surface area contributed by atoms with Gasteiger partial charge in [-0.05, 0) is 25.1 Å². The van der Waals surface area contributed by atoms with E-state index in [0.717, 1.165) is 39.3 Å². The van der Waals surface area contributed by atoms with Crippen LogP contribution in [0.25, 0.3) is 0 Å². The molecule has 1 aliphatic heterocycles. The first kappa shape index (κ1) is 22.9. The van der Waals surface area contributed by atoms with Crippen LogP contribution in [0, 0.1) is 17.6 Å². The molecular weight excluding hydrogens is 453 g/mol. The van der Waals surface area contributed by atoms with Gasteiger partial charge in [-0.1, -0.05) is 13.0 Å². The van der Waals surface area contributed by atoms with Crippen LogP contribution in [0.15, 0.2) is 30.4 Å². The second-order valence-electron chi connectivity index (χ2n) is 7.65. The van der Waals surface area contributed by atoms with E-state index in [2.05, 4.69) is 10.3 Å². The van der Waals surface area contributed by atoms with Gasteiger partial charge in [0.05, 0.1) is 8.48 Å². The second-order valence-corrected chi connectivity index (χ2v) is 7.65. The Morgan fingerprint density at radius 1 is 1.33 bits per heavy atom. The first-order valence-electron chi connectivity index (χ1n) is 10.1. The third kappa shape index (κ3) is 4.22. The summed E-state index contributed by atoms with van der Waals surface area (Å²) in [4.78, 5) is 28.1. The number of hydrogen-bond acceptors (Lipinski definition) is 5. The number of benzene rings is 1. The van der Waals surface area contributed by atoms with E-state index >= 15 is 0 Å². The molecule has 1 aliphatic rings. The smallest absolute Gasteiger partial charge is 0.417 e. The van der Waals surface area contributed by atoms with Gasteiger partial charge in [-0.15, -0.1) is 0 Å². The standard InChI is InChI=1S/C21H20F5N3O4/c1-9-14(11-4-5-12(22)15(23)16(11)32-3)17(33-20(9,2)21(24,25)26)19(31)29-10-6-7-28-13(8-10)18(27)30/h4-9,14,17H,1-3H3,(H2,27,30)(H,28,29,31)/t9-,14-,17-,20-/m1/s1/i5D. The third-order valence-corrected chi connectivity index (χ3v) is 5.78. The zero-order chi connectivity index (χ0) is 25.6. The average molecular weight is 474 g/mol. The van der Waals surface area contributed by atoms with Crippen molar-refractivity contribution in [2.24, 2.45) is 11.7 Å². The summed E-state index contributed by atoms with van der Waals surface area (Å²) in [5.74, 6) is -8.81. The number of nitrogens with one attached hydrogen (secondary N) is 1. The summed E-state index contributed by atoms with van der Waals surface area (Å²) in [5, 5.41) is 2.33. The van der Waals surface area contributed by atoms with Crippen LogP contribution in [0.2, 0.25) is 0 Å². The first-order valence-corrected chi connectivity index (χ1v) is 9.56. The maximum atomic E-state index is 14.5. The number of nitrogens with zero attached hydrogens (tertiary/aromatic N) is 1. The van der Waals surface area contributed by atoms with Crippen LogP contribution in [0.1, 0.15) is 37.2 Å². The van der Waals surface area contributed by atoms with Crippen LogP contribution >= 0.6 is 0 Å². The molecule has 0 saturated carbocycles. The number of primary amides is 1. The van der Waals surface area contributed by atoms with E-state index in [9.17, 15) is 31.5 Å². The Labute approximate surface area is 186 Å². The molecule has 1 saturated heterocycles. The fraction of sp³-hybridized carbons (Fsp3) is 0.381. The van der Waals surface area contributed by atoms with E-state index in [1.807, 2.05) is 0 Å². The zero-order valence-corrected chi connectivity index (χ0v) is 17.6. The fourth-order valence-corrected chi connectivity index (χ4v) is 3.83. The number of methoxy groups -OCH3 is 1. The van der Waals surface area contributed by atoms with Gasteiger partial charge in [0.25, 0.3) is 11.8 Å². The SMILES string of the molecule is [2H]c1cc([C@H]2[C@@H](C)[C@](C)(C(F)(F)F)O[C@H]2C(=O)Nc2ccnc(C(N)=O)c2)c(OC)c(F)c1F. The van der Waals surface area contributed by atoms with Crippen molar-refractivity contribution in [3.05, 3.63) is 53.3 Å². The lowest BCUT2D eigenvalue weighted by molar-refractivity contribution is -0.272. The lowest BCUT2D eigenvalue weighted by Gasteiger charge is -2.32. The molecule has 0 bridgehead atoms. The number of aromatic nitrogens is 1. The number of alkyl halides is 3. The Kier molecular flexibility index (Phi) is 5.95. The van der Waals surface area contributed by atoms with Gasteiger partial charge in [-0.2, -0.15) is 17.6 Å². The molecule has 1 aromatic heterocycles. The molecule has 0 aliphatic carbocycles. The van der Waals surface area contributed by atoms with Crippen molar-refractivity contribution in [2.75, 3.05) is 12.4 Å². The first-order chi connectivity index (χ1) is 15.7. The number of halogens is 5. The fourth-order valence-electron chi connectivity index (χ4n) is 3.83. The average Bonchev–Trinajstić information content (AvgIpc) is 3.04. The number of hydrogen-bond donors (Lipinski definition) is 2. The number of amides is 2. The van der Waals surface area contributed by atoms with Crippen LogP contribution in [-0.4, -0.2) is 41.8 Å². The van der Waals surface area contributed by atoms with Gasteiger partial charge in [0, 0.05) is 29.3 Å². The van der Waals surface area contributed by atoms with Gasteiger partial charge in [-0.25, -0.2) is 4.39 Å². The molecule has 0 spiro atoms. The van der Waals surface area contributed by atoms with Gasteiger partial charge in [0.2, 0.25) is 5.82 Å². The van der Waals surface area contributed by atoms with Crippen molar-refractivity contribution >= 4 is 17.5 Å². The normalized spacial score (nSPS) is 25.5. The van der Waals surface area contributed by atoms with Gasteiger partial charge < -0.3 is 20.5 Å². The van der Waals surface area contributed by atoms with Gasteiger partial charge in [-0.3, -0.25) is 14.6 Å². The van der Waals surface area contributed by atoms with Crippen LogP contribution in [0.5, 0.6) is 5.75 Å². The van der Waals surface area contributed by atoms with E-state index in [-0.39, 0.29) is 16.9 Å². The summed E-state index contributed by atoms with van der Waals surface area (Å²) in [7, 11) is 0.978. The Morgan fingerprint density at radius 2 is 2.00 bits per heavy atom. The monoisotopic (exact) mass is 474 g/mol. The number of pyridine rings is 1. The number of carbonyl (C=O) groups is 2. The van der Waals surface area contributed by atoms with Crippen molar-refractivity contribution < 1.29 is 42.4 Å². The maximum absolute atomic E-state index is 14.5. The van der Waals surface area contributed by atoms with Crippen LogP contribution in [0.3, 0.4) is 0 Å². The Morgan fingerprint density at radius 3 is 2.58 bits per heavy atom. The number of anilines is 1. The van der Waals surface area contributed by atoms with Gasteiger partial charge in [0.1, 0.15) is 11.8 Å². The largest absolute Gasteiger partial charge is 0.493 e. The molecule has 2 aromatic rings. The summed E-state index contributed by atoms with van der Waals surface area (Å²) < 4.78 is 88.2. The molecule has 3 N–H and O–H groups in total. The highest BCUT2D eigenvalue weighted by Crippen LogP contribution is 2.55. The van der Waals surface area contributed by atoms with Gasteiger partial charge >= 0.3 is 6.18 Å². The molecule has 4 atom stereocenters. The Bertz CT molecular complexity index is 1150. The van der Waals surface area contributed by atoms with E-state index in [1.165, 1.54) is 6.07 Å². The number of rotatable bonds is 5. The van der Waals surface area contributed by atoms with E-state index in [0.29, 0.717) is 0 Å². The molecule has 12 heteroatoms. The molecule has 178 valence electrons. The maximum Gasteiger partial charge on any atom is 0.417 e. The highest BCUT2D eigenvalue weighted by molar-refractivity contribution is 5.97. The zero-order valence-electron chi connectivity index (χ0n) is 18.6. The minimum atomic E-state index is -4.94. The topological polar surface area (TPSA) is 104 Å². The van der Waals surface area contributed by atoms with Crippen molar-refractivity contribution in [1.82, 2.24) is 4.98 Å². The van der Waals surface area contributed by atoms with Crippen LogP contribution in [0.4, 0.5) is 27.6 Å². The lowest BCUT2D eigenvalue weighted by atomic mass is 9.77. The highest BCUT2D eigenvalue weighted by Gasteiger charge is 2.65. The predicted octanol–water partition coefficient (Wildman–Crippen LogP) is 3.55. The Balaban J connectivity index is 2.12. The Hall–Kier alpha value is -3.28. The minimum Gasteiger partial charge on any atom is -0.493 e. The van der Waals surface area contributed by atoms with Crippen molar-refractivity contribution in [3.8, 4) is 5.75 Å². The van der Waals surface area contributed by atoms with E-state index in [4.69, 9.17) is 16.6 Å². The molecular formula is C21H20F5N3O4. The van der Waals surface area contributed by atoms with Crippen molar-refractivity contribution in [2.45, 2.75) is 37.6 Å². The molecule has 33 heavy (non-hydrogen) atoms. The summed E-state index contributed by atoms with van der Waals surface area (Å²) in [5.41, 5.74) is 1.74. The highest BCUT2D eigenvalue weighted by atomic mass is 19.4. The number of nitrogens with two attached hydrogens (primary N) is 1. The van der Waals surface area contributed by atoms with Crippen LogP contribution < -0.4 is 15.8 Å². The molecule has 0 unspecified atom stereocenters. The van der Waals surface area contributed by atoms with Crippen molar-refractivity contribution in [3.63, 3.8) is 0 Å². The summed E-state index contributed by atoms with van der Waals surface area (Å²) in [6.45, 7) is 1.89. The predicted molar refractivity (Wildman–Crippen MR) is 106 cm³/mol. The molecule has 1 aromatic carbocycles. The second kappa shape index (κ2) is 8.58. The quantitative estimate of drug-likeness (QED) is 0.646. The molecule has 2 amide bonds. The van der Waals surface area contributed by atoms with E-state index in [1.54, 1.807) is 0 Å². The summed E-state index contributed by atoms with van der Waals surface area (Å²) in [6, 6.07) is 2.25. The number of carbonyl (C=O) groups excluding carboxylic acids is 2. The molecule has 7 nitrogen and oxygen atoms in total. The molecule has 1 fully saturated rings. The lowest BCUT2D eigenvalue weighted by Crippen LogP contribution is -2.47. The summed E-state index contributed by atoms with van der Waals surface area (Å²) in [6.07, 6.45) is -5.65. The molecule has 0 radical (unpaired) electrons. The van der Waals surface area contributed by atoms with E-state index < -0.39 is 65.0 Å². The third-order valence-electron chi connectivity index (χ3n) is 5.78. The molecule has 2 heterocycles. The van der Waals surface area contributed by atoms with Gasteiger partial charge in [0.15, 0.2) is 17.2 Å². The van der Waals surface area contributed by atoms with Crippen LogP contribution in [-0.2, 0) is 9.53 Å².